The Kier molecular flexibility index (Phi) is 4.43. The van der Waals surface area contributed by atoms with Gasteiger partial charge >= 0.3 is 0 Å². The van der Waals surface area contributed by atoms with E-state index in [0.29, 0.717) is 12.3 Å². The number of nitrogens with one attached hydrogen (secondary N) is 1. The first-order valence-corrected chi connectivity index (χ1v) is 6.61. The summed E-state index contributed by atoms with van der Waals surface area (Å²) in [5.74, 6) is 0.118. The number of rotatable bonds is 5. The molecule has 1 aromatic heterocycles. The number of halogens is 2. The molecule has 1 unspecified atom stereocenters. The number of aliphatic hydroxyl groups excluding tert-OH is 1. The van der Waals surface area contributed by atoms with Crippen LogP contribution in [0.3, 0.4) is 0 Å². The maximum Gasteiger partial charge on any atom is 0.271 e. The van der Waals surface area contributed by atoms with Crippen LogP contribution in [-0.4, -0.2) is 28.6 Å². The number of carbonyl (C=O) groups excluding carboxylic acids is 1. The van der Waals surface area contributed by atoms with Gasteiger partial charge in [-0.1, -0.05) is 23.2 Å². The molecule has 1 aromatic rings. The van der Waals surface area contributed by atoms with Gasteiger partial charge in [0, 0.05) is 12.6 Å². The third kappa shape index (κ3) is 3.34. The lowest BCUT2D eigenvalue weighted by molar-refractivity contribution is 0.0919. The zero-order valence-electron chi connectivity index (χ0n) is 9.70. The molecule has 2 rings (SSSR count). The Morgan fingerprint density at radius 2 is 2.22 bits per heavy atom. The fourth-order valence-corrected chi connectivity index (χ4v) is 2.22. The number of pyridine rings is 1. The molecule has 98 valence electrons. The average Bonchev–Trinajstić information content (AvgIpc) is 3.15. The maximum absolute atomic E-state index is 12.0. The summed E-state index contributed by atoms with van der Waals surface area (Å²) in [6.45, 7) is 0.0537. The van der Waals surface area contributed by atoms with Crippen molar-refractivity contribution >= 4 is 29.1 Å². The lowest BCUT2D eigenvalue weighted by atomic mass is 10.1. The smallest absolute Gasteiger partial charge is 0.271 e. The number of aliphatic hydroxyl groups is 1. The maximum atomic E-state index is 12.0. The van der Waals surface area contributed by atoms with E-state index in [1.807, 2.05) is 0 Å². The minimum atomic E-state index is -0.340. The fourth-order valence-electron chi connectivity index (χ4n) is 1.88. The van der Waals surface area contributed by atoms with Crippen LogP contribution >= 0.6 is 23.2 Å². The van der Waals surface area contributed by atoms with Crippen molar-refractivity contribution in [2.45, 2.75) is 25.3 Å². The van der Waals surface area contributed by atoms with Gasteiger partial charge in [0.25, 0.3) is 5.91 Å². The third-order valence-electron chi connectivity index (χ3n) is 2.97. The molecular formula is C12H14Cl2N2O2. The Morgan fingerprint density at radius 3 is 2.83 bits per heavy atom. The number of aromatic nitrogens is 1. The van der Waals surface area contributed by atoms with Crippen molar-refractivity contribution in [3.63, 3.8) is 0 Å². The van der Waals surface area contributed by atoms with E-state index >= 15 is 0 Å². The van der Waals surface area contributed by atoms with Crippen molar-refractivity contribution in [2.75, 3.05) is 6.61 Å². The second-order valence-electron chi connectivity index (χ2n) is 4.39. The highest BCUT2D eigenvalue weighted by Gasteiger charge is 2.32. The zero-order valence-corrected chi connectivity index (χ0v) is 11.2. The van der Waals surface area contributed by atoms with Crippen LogP contribution in [0, 0.1) is 5.92 Å². The van der Waals surface area contributed by atoms with Gasteiger partial charge in [-0.05, 0) is 37.3 Å². The Morgan fingerprint density at radius 1 is 1.50 bits per heavy atom. The van der Waals surface area contributed by atoms with Crippen molar-refractivity contribution in [3.8, 4) is 0 Å². The van der Waals surface area contributed by atoms with E-state index < -0.39 is 0 Å². The Labute approximate surface area is 115 Å². The largest absolute Gasteiger partial charge is 0.396 e. The predicted octanol–water partition coefficient (Wildman–Crippen LogP) is 2.28. The molecule has 2 N–H and O–H groups in total. The summed E-state index contributed by atoms with van der Waals surface area (Å²) in [7, 11) is 0. The summed E-state index contributed by atoms with van der Waals surface area (Å²) in [4.78, 5) is 16.0. The number of carbonyl (C=O) groups is 1. The second kappa shape index (κ2) is 5.87. The number of nitrogens with zero attached hydrogens (tertiary/aromatic N) is 1. The summed E-state index contributed by atoms with van der Waals surface area (Å²) in [6.07, 6.45) is 2.72. The van der Waals surface area contributed by atoms with E-state index in [1.54, 1.807) is 6.07 Å². The van der Waals surface area contributed by atoms with Crippen LogP contribution in [0.5, 0.6) is 0 Å². The van der Waals surface area contributed by atoms with Crippen LogP contribution in [-0.2, 0) is 0 Å². The molecule has 0 aliphatic heterocycles. The highest BCUT2D eigenvalue weighted by molar-refractivity contribution is 6.34. The minimum Gasteiger partial charge on any atom is -0.396 e. The highest BCUT2D eigenvalue weighted by atomic mass is 35.5. The van der Waals surface area contributed by atoms with Crippen LogP contribution in [0.15, 0.2) is 12.1 Å². The molecule has 6 heteroatoms. The molecule has 0 bridgehead atoms. The van der Waals surface area contributed by atoms with Gasteiger partial charge in [-0.3, -0.25) is 4.79 Å². The van der Waals surface area contributed by atoms with Gasteiger partial charge in [0.2, 0.25) is 0 Å². The Hall–Kier alpha value is -0.840. The van der Waals surface area contributed by atoms with Gasteiger partial charge in [-0.2, -0.15) is 0 Å². The second-order valence-corrected chi connectivity index (χ2v) is 5.19. The molecule has 1 heterocycles. The number of amides is 1. The first kappa shape index (κ1) is 13.6. The molecule has 0 spiro atoms. The summed E-state index contributed by atoms with van der Waals surface area (Å²) in [5.41, 5.74) is 0.132. The van der Waals surface area contributed by atoms with Crippen molar-refractivity contribution in [3.05, 3.63) is 28.0 Å². The van der Waals surface area contributed by atoms with Crippen LogP contribution in [0.25, 0.3) is 0 Å². The zero-order chi connectivity index (χ0) is 13.1. The predicted molar refractivity (Wildman–Crippen MR) is 69.9 cm³/mol. The van der Waals surface area contributed by atoms with Crippen molar-refractivity contribution < 1.29 is 9.90 Å². The van der Waals surface area contributed by atoms with E-state index in [9.17, 15) is 4.79 Å². The first-order chi connectivity index (χ1) is 8.61. The average molecular weight is 289 g/mol. The Balaban J connectivity index is 2.07. The third-order valence-corrected chi connectivity index (χ3v) is 3.49. The standard InChI is InChI=1S/C12H14Cl2N2O2/c13-8-3-4-10(14)16-11(8)12(18)15-9(5-6-17)7-1-2-7/h3-4,7,9,17H,1-2,5-6H2,(H,15,18). The minimum absolute atomic E-state index is 0.0145. The van der Waals surface area contributed by atoms with Gasteiger partial charge in [0.1, 0.15) is 10.8 Å². The molecule has 1 aliphatic carbocycles. The number of hydrogen-bond acceptors (Lipinski definition) is 3. The van der Waals surface area contributed by atoms with E-state index in [0.717, 1.165) is 12.8 Å². The molecule has 0 saturated heterocycles. The van der Waals surface area contributed by atoms with Gasteiger partial charge in [-0.25, -0.2) is 4.98 Å². The topological polar surface area (TPSA) is 62.2 Å². The molecule has 1 saturated carbocycles. The molecule has 0 aromatic carbocycles. The van der Waals surface area contributed by atoms with E-state index in [1.165, 1.54) is 6.07 Å². The lowest BCUT2D eigenvalue weighted by Crippen LogP contribution is -2.37. The first-order valence-electron chi connectivity index (χ1n) is 5.85. The summed E-state index contributed by atoms with van der Waals surface area (Å²) in [6, 6.07) is 3.07. The van der Waals surface area contributed by atoms with Gasteiger partial charge < -0.3 is 10.4 Å². The lowest BCUT2D eigenvalue weighted by Gasteiger charge is -2.17. The van der Waals surface area contributed by atoms with E-state index in [2.05, 4.69) is 10.3 Å². The molecule has 1 fully saturated rings. The fraction of sp³-hybridized carbons (Fsp3) is 0.500. The number of hydrogen-bond donors (Lipinski definition) is 2. The summed E-state index contributed by atoms with van der Waals surface area (Å²) < 4.78 is 0. The summed E-state index contributed by atoms with van der Waals surface area (Å²) in [5, 5.41) is 12.3. The highest BCUT2D eigenvalue weighted by Crippen LogP contribution is 2.34. The summed E-state index contributed by atoms with van der Waals surface area (Å²) >= 11 is 11.7. The molecule has 1 aliphatic rings. The van der Waals surface area contributed by atoms with Crippen LogP contribution in [0.1, 0.15) is 29.8 Å². The van der Waals surface area contributed by atoms with Crippen molar-refractivity contribution in [2.24, 2.45) is 5.92 Å². The van der Waals surface area contributed by atoms with Crippen LogP contribution < -0.4 is 5.32 Å². The van der Waals surface area contributed by atoms with Gasteiger partial charge in [-0.15, -0.1) is 0 Å². The van der Waals surface area contributed by atoms with Crippen molar-refractivity contribution in [1.29, 1.82) is 0 Å². The SMILES string of the molecule is O=C(NC(CCO)C1CC1)c1nc(Cl)ccc1Cl. The molecular weight excluding hydrogens is 275 g/mol. The van der Waals surface area contributed by atoms with Gasteiger partial charge in [0.05, 0.1) is 5.02 Å². The molecule has 0 radical (unpaired) electrons. The van der Waals surface area contributed by atoms with Crippen LogP contribution in [0.4, 0.5) is 0 Å². The van der Waals surface area contributed by atoms with Gasteiger partial charge in [0.15, 0.2) is 0 Å². The molecule has 4 nitrogen and oxygen atoms in total. The molecule has 18 heavy (non-hydrogen) atoms. The Bertz CT molecular complexity index is 450. The normalized spacial score (nSPS) is 16.4. The van der Waals surface area contributed by atoms with Crippen molar-refractivity contribution in [1.82, 2.24) is 10.3 Å². The van der Waals surface area contributed by atoms with E-state index in [-0.39, 0.29) is 34.4 Å². The van der Waals surface area contributed by atoms with E-state index in [4.69, 9.17) is 28.3 Å². The molecule has 1 atom stereocenters. The molecule has 1 amide bonds. The quantitative estimate of drug-likeness (QED) is 0.817. The monoisotopic (exact) mass is 288 g/mol. The van der Waals surface area contributed by atoms with Crippen LogP contribution in [0.2, 0.25) is 10.2 Å².